The zero-order valence-corrected chi connectivity index (χ0v) is 19.8. The summed E-state index contributed by atoms with van der Waals surface area (Å²) in [5.41, 5.74) is 3.07. The lowest BCUT2D eigenvalue weighted by Crippen LogP contribution is -2.33. The third-order valence-corrected chi connectivity index (χ3v) is 6.49. The lowest BCUT2D eigenvalue weighted by Gasteiger charge is -2.16. The number of ether oxygens (including phenoxy) is 1. The highest BCUT2D eigenvalue weighted by Gasteiger charge is 2.20. The van der Waals surface area contributed by atoms with Gasteiger partial charge in [-0.2, -0.15) is 9.50 Å². The molecule has 8 heteroatoms. The van der Waals surface area contributed by atoms with Gasteiger partial charge in [0.25, 0.3) is 5.56 Å². The summed E-state index contributed by atoms with van der Waals surface area (Å²) in [6.07, 6.45) is 2.64. The van der Waals surface area contributed by atoms with Gasteiger partial charge in [0.15, 0.2) is 5.82 Å². The van der Waals surface area contributed by atoms with Crippen LogP contribution in [-0.4, -0.2) is 44.3 Å². The number of nitrogens with zero attached hydrogens (tertiary/aromatic N) is 4. The molecule has 35 heavy (non-hydrogen) atoms. The molecule has 0 spiro atoms. The van der Waals surface area contributed by atoms with Crippen LogP contribution in [0.15, 0.2) is 65.5 Å². The monoisotopic (exact) mass is 471 g/mol. The Balaban J connectivity index is 1.48. The fourth-order valence-electron chi connectivity index (χ4n) is 4.52. The number of fused-ring (bicyclic) bond motifs is 1. The van der Waals surface area contributed by atoms with Crippen LogP contribution in [0.4, 0.5) is 0 Å². The lowest BCUT2D eigenvalue weighted by molar-refractivity contribution is -0.121. The minimum absolute atomic E-state index is 0.0856. The first kappa shape index (κ1) is 23.0. The predicted octanol–water partition coefficient (Wildman–Crippen LogP) is 3.14. The van der Waals surface area contributed by atoms with Crippen molar-refractivity contribution in [1.82, 2.24) is 24.5 Å². The van der Waals surface area contributed by atoms with E-state index in [1.54, 1.807) is 0 Å². The number of aromatic nitrogens is 4. The highest BCUT2D eigenvalue weighted by atomic mass is 16.5. The number of carbonyl (C=O) groups excluding carboxylic acids is 1. The summed E-state index contributed by atoms with van der Waals surface area (Å²) in [6.45, 7) is 3.73. The molecule has 8 nitrogen and oxygen atoms in total. The molecule has 0 bridgehead atoms. The summed E-state index contributed by atoms with van der Waals surface area (Å²) in [5, 5.41) is 7.50. The molecule has 3 heterocycles. The SMILES string of the molecule is Cc1c(CCC(=O)NC[C@@H]2CCCO2)c(=O)n2nc(-c3ccccc3)nc2n1Cc1ccccc1. The first-order chi connectivity index (χ1) is 17.1. The molecular weight excluding hydrogens is 442 g/mol. The summed E-state index contributed by atoms with van der Waals surface area (Å²) in [5.74, 6) is 0.898. The Morgan fingerprint density at radius 2 is 1.86 bits per heavy atom. The van der Waals surface area contributed by atoms with Crippen LogP contribution in [0.3, 0.4) is 0 Å². The van der Waals surface area contributed by atoms with Gasteiger partial charge in [0.1, 0.15) is 0 Å². The van der Waals surface area contributed by atoms with Crippen LogP contribution in [-0.2, 0) is 22.5 Å². The minimum Gasteiger partial charge on any atom is -0.376 e. The molecule has 180 valence electrons. The molecule has 1 atom stereocenters. The van der Waals surface area contributed by atoms with E-state index in [9.17, 15) is 9.59 Å². The maximum absolute atomic E-state index is 13.5. The van der Waals surface area contributed by atoms with Gasteiger partial charge >= 0.3 is 0 Å². The molecule has 0 saturated carbocycles. The molecule has 1 saturated heterocycles. The van der Waals surface area contributed by atoms with Gasteiger partial charge in [-0.15, -0.1) is 5.10 Å². The first-order valence-electron chi connectivity index (χ1n) is 12.1. The second kappa shape index (κ2) is 10.2. The number of amides is 1. The third kappa shape index (κ3) is 5.02. The topological polar surface area (TPSA) is 90.5 Å². The maximum atomic E-state index is 13.5. The van der Waals surface area contributed by atoms with E-state index in [0.717, 1.165) is 36.3 Å². The van der Waals surface area contributed by atoms with Crippen molar-refractivity contribution >= 4 is 11.7 Å². The molecule has 1 N–H and O–H groups in total. The Labute approximate surface area is 203 Å². The lowest BCUT2D eigenvalue weighted by atomic mass is 10.1. The Hall–Kier alpha value is -3.78. The van der Waals surface area contributed by atoms with Crippen molar-refractivity contribution in [3.05, 3.63) is 87.8 Å². The van der Waals surface area contributed by atoms with Crippen molar-refractivity contribution in [2.45, 2.75) is 45.3 Å². The molecule has 1 fully saturated rings. The average Bonchev–Trinajstić information content (AvgIpc) is 3.57. The molecule has 5 rings (SSSR count). The maximum Gasteiger partial charge on any atom is 0.279 e. The second-order valence-electron chi connectivity index (χ2n) is 8.89. The normalized spacial score (nSPS) is 15.5. The quantitative estimate of drug-likeness (QED) is 0.426. The van der Waals surface area contributed by atoms with E-state index in [4.69, 9.17) is 9.72 Å². The average molecular weight is 472 g/mol. The largest absolute Gasteiger partial charge is 0.376 e. The summed E-state index contributed by atoms with van der Waals surface area (Å²) in [7, 11) is 0. The van der Waals surface area contributed by atoms with E-state index in [1.165, 1.54) is 4.52 Å². The number of carbonyl (C=O) groups is 1. The summed E-state index contributed by atoms with van der Waals surface area (Å²) < 4.78 is 8.96. The molecule has 2 aromatic carbocycles. The highest BCUT2D eigenvalue weighted by molar-refractivity contribution is 5.76. The summed E-state index contributed by atoms with van der Waals surface area (Å²) in [6, 6.07) is 19.7. The zero-order valence-electron chi connectivity index (χ0n) is 19.8. The minimum atomic E-state index is -0.233. The molecule has 1 amide bonds. The van der Waals surface area contributed by atoms with E-state index >= 15 is 0 Å². The van der Waals surface area contributed by atoms with Gasteiger partial charge in [-0.1, -0.05) is 60.7 Å². The van der Waals surface area contributed by atoms with E-state index in [0.29, 0.717) is 36.7 Å². The van der Waals surface area contributed by atoms with Gasteiger partial charge in [0.05, 0.1) is 12.6 Å². The van der Waals surface area contributed by atoms with Crippen molar-refractivity contribution in [2.24, 2.45) is 0 Å². The Bertz CT molecular complexity index is 1370. The van der Waals surface area contributed by atoms with Gasteiger partial charge < -0.3 is 14.6 Å². The molecule has 4 aromatic rings. The van der Waals surface area contributed by atoms with Crippen molar-refractivity contribution in [3.63, 3.8) is 0 Å². The predicted molar refractivity (Wildman–Crippen MR) is 133 cm³/mol. The zero-order chi connectivity index (χ0) is 24.2. The number of nitrogens with one attached hydrogen (secondary N) is 1. The van der Waals surface area contributed by atoms with E-state index in [-0.39, 0.29) is 24.0 Å². The van der Waals surface area contributed by atoms with Crippen LogP contribution in [0, 0.1) is 6.92 Å². The number of hydrogen-bond donors (Lipinski definition) is 1. The Kier molecular flexibility index (Phi) is 6.72. The van der Waals surface area contributed by atoms with Crippen LogP contribution < -0.4 is 10.9 Å². The van der Waals surface area contributed by atoms with Crippen LogP contribution in [0.5, 0.6) is 0 Å². The molecule has 0 radical (unpaired) electrons. The first-order valence-corrected chi connectivity index (χ1v) is 12.1. The fraction of sp³-hybridized carbons (Fsp3) is 0.333. The van der Waals surface area contributed by atoms with Gasteiger partial charge in [0, 0.05) is 36.4 Å². The second-order valence-corrected chi connectivity index (χ2v) is 8.89. The summed E-state index contributed by atoms with van der Waals surface area (Å²) in [4.78, 5) is 30.7. The smallest absolute Gasteiger partial charge is 0.279 e. The Morgan fingerprint density at radius 3 is 2.57 bits per heavy atom. The van der Waals surface area contributed by atoms with E-state index in [1.807, 2.05) is 72.2 Å². The van der Waals surface area contributed by atoms with Gasteiger partial charge in [0.2, 0.25) is 11.7 Å². The van der Waals surface area contributed by atoms with Crippen molar-refractivity contribution in [3.8, 4) is 11.4 Å². The van der Waals surface area contributed by atoms with Gasteiger partial charge in [-0.05, 0) is 31.7 Å². The van der Waals surface area contributed by atoms with Gasteiger partial charge in [-0.25, -0.2) is 0 Å². The third-order valence-electron chi connectivity index (χ3n) is 6.49. The van der Waals surface area contributed by atoms with E-state index in [2.05, 4.69) is 10.4 Å². The Morgan fingerprint density at radius 1 is 1.11 bits per heavy atom. The highest BCUT2D eigenvalue weighted by Crippen LogP contribution is 2.19. The number of hydrogen-bond acceptors (Lipinski definition) is 5. The molecule has 0 unspecified atom stereocenters. The van der Waals surface area contributed by atoms with Crippen molar-refractivity contribution in [1.29, 1.82) is 0 Å². The van der Waals surface area contributed by atoms with Crippen molar-refractivity contribution in [2.75, 3.05) is 13.2 Å². The molecule has 0 aliphatic carbocycles. The standard InChI is InChI=1S/C27H29N5O3/c1-19-23(14-15-24(33)28-17-22-13-8-16-35-22)26(34)32-27(31(19)18-20-9-4-2-5-10-20)29-25(30-32)21-11-6-3-7-12-21/h2-7,9-12,22H,8,13-18H2,1H3,(H,28,33)/t22-/m0/s1. The molecule has 1 aliphatic rings. The van der Waals surface area contributed by atoms with Crippen LogP contribution >= 0.6 is 0 Å². The van der Waals surface area contributed by atoms with Gasteiger partial charge in [-0.3, -0.25) is 9.59 Å². The van der Waals surface area contributed by atoms with Crippen molar-refractivity contribution < 1.29 is 9.53 Å². The van der Waals surface area contributed by atoms with Crippen LogP contribution in [0.2, 0.25) is 0 Å². The molecule has 2 aromatic heterocycles. The number of rotatable bonds is 8. The molecule has 1 aliphatic heterocycles. The van der Waals surface area contributed by atoms with E-state index < -0.39 is 0 Å². The fourth-order valence-corrected chi connectivity index (χ4v) is 4.52. The number of benzene rings is 2. The molecular formula is C27H29N5O3. The van der Waals surface area contributed by atoms with Crippen LogP contribution in [0.25, 0.3) is 17.2 Å². The summed E-state index contributed by atoms with van der Waals surface area (Å²) >= 11 is 0. The van der Waals surface area contributed by atoms with Crippen LogP contribution in [0.1, 0.15) is 36.1 Å².